The van der Waals surface area contributed by atoms with E-state index >= 15 is 0 Å². The van der Waals surface area contributed by atoms with Gasteiger partial charge in [-0.25, -0.2) is 4.68 Å². The lowest BCUT2D eigenvalue weighted by molar-refractivity contribution is 0.0700. The van der Waals surface area contributed by atoms with E-state index in [9.17, 15) is 4.79 Å². The van der Waals surface area contributed by atoms with Crippen LogP contribution in [0.2, 0.25) is 0 Å². The zero-order valence-corrected chi connectivity index (χ0v) is 12.3. The number of rotatable bonds is 6. The fraction of sp³-hybridized carbons (Fsp3) is 0.333. The molecule has 112 valence electrons. The van der Waals surface area contributed by atoms with Crippen molar-refractivity contribution in [1.82, 2.24) is 14.7 Å². The fourth-order valence-electron chi connectivity index (χ4n) is 2.02. The van der Waals surface area contributed by atoms with Gasteiger partial charge in [-0.15, -0.1) is 0 Å². The quantitative estimate of drug-likeness (QED) is 0.819. The molecule has 1 aromatic carbocycles. The van der Waals surface area contributed by atoms with Crippen LogP contribution < -0.4 is 5.73 Å². The molecule has 21 heavy (non-hydrogen) atoms. The van der Waals surface area contributed by atoms with E-state index < -0.39 is 0 Å². The van der Waals surface area contributed by atoms with Crippen molar-refractivity contribution in [2.75, 3.05) is 32.5 Å². The molecular formula is C15H20N4O2. The van der Waals surface area contributed by atoms with Crippen LogP contribution in [-0.2, 0) is 4.74 Å². The van der Waals surface area contributed by atoms with Gasteiger partial charge in [0.25, 0.3) is 5.91 Å². The van der Waals surface area contributed by atoms with Crippen molar-refractivity contribution in [2.45, 2.75) is 6.92 Å². The predicted octanol–water partition coefficient (Wildman–Crippen LogP) is 1.56. The minimum atomic E-state index is -0.0998. The monoisotopic (exact) mass is 288 g/mol. The first-order valence-electron chi connectivity index (χ1n) is 6.85. The van der Waals surface area contributed by atoms with E-state index in [-0.39, 0.29) is 5.91 Å². The number of nitrogen functional groups attached to an aromatic ring is 1. The third kappa shape index (κ3) is 3.61. The van der Waals surface area contributed by atoms with Gasteiger partial charge in [0.15, 0.2) is 5.69 Å². The van der Waals surface area contributed by atoms with Gasteiger partial charge in [-0.05, 0) is 31.2 Å². The highest BCUT2D eigenvalue weighted by molar-refractivity contribution is 5.92. The lowest BCUT2D eigenvalue weighted by Crippen LogP contribution is -2.34. The molecule has 0 unspecified atom stereocenters. The molecule has 2 rings (SSSR count). The summed E-state index contributed by atoms with van der Waals surface area (Å²) < 4.78 is 6.66. The topological polar surface area (TPSA) is 73.4 Å². The lowest BCUT2D eigenvalue weighted by atomic mass is 10.3. The molecule has 6 nitrogen and oxygen atoms in total. The summed E-state index contributed by atoms with van der Waals surface area (Å²) in [5.41, 5.74) is 7.66. The van der Waals surface area contributed by atoms with Crippen LogP contribution in [0.1, 0.15) is 17.4 Å². The Morgan fingerprint density at radius 1 is 1.43 bits per heavy atom. The van der Waals surface area contributed by atoms with Crippen molar-refractivity contribution < 1.29 is 9.53 Å². The number of hydrogen-bond donors (Lipinski definition) is 1. The largest absolute Gasteiger partial charge is 0.399 e. The third-order valence-corrected chi connectivity index (χ3v) is 3.18. The van der Waals surface area contributed by atoms with Crippen molar-refractivity contribution >= 4 is 11.6 Å². The molecule has 0 aliphatic carbocycles. The van der Waals surface area contributed by atoms with E-state index in [4.69, 9.17) is 10.5 Å². The van der Waals surface area contributed by atoms with Crippen molar-refractivity contribution in [3.8, 4) is 5.69 Å². The second-order valence-corrected chi connectivity index (χ2v) is 4.62. The number of aromatic nitrogens is 2. The van der Waals surface area contributed by atoms with E-state index in [1.807, 2.05) is 31.2 Å². The van der Waals surface area contributed by atoms with Crippen molar-refractivity contribution in [1.29, 1.82) is 0 Å². The van der Waals surface area contributed by atoms with Crippen LogP contribution in [0.25, 0.3) is 5.69 Å². The van der Waals surface area contributed by atoms with Gasteiger partial charge in [0, 0.05) is 32.1 Å². The van der Waals surface area contributed by atoms with Gasteiger partial charge in [-0.1, -0.05) is 6.07 Å². The number of hydrogen-bond acceptors (Lipinski definition) is 4. The van der Waals surface area contributed by atoms with Gasteiger partial charge in [-0.2, -0.15) is 5.10 Å². The molecule has 1 heterocycles. The van der Waals surface area contributed by atoms with Crippen LogP contribution in [0.15, 0.2) is 36.5 Å². The minimum Gasteiger partial charge on any atom is -0.399 e. The summed E-state index contributed by atoms with van der Waals surface area (Å²) >= 11 is 0. The number of amides is 1. The van der Waals surface area contributed by atoms with E-state index in [1.54, 1.807) is 29.0 Å². The summed E-state index contributed by atoms with van der Waals surface area (Å²) in [7, 11) is 1.62. The summed E-state index contributed by atoms with van der Waals surface area (Å²) in [6.07, 6.45) is 1.76. The van der Waals surface area contributed by atoms with Crippen LogP contribution in [0.5, 0.6) is 0 Å². The molecule has 0 spiro atoms. The molecule has 2 aromatic rings. The molecule has 1 aromatic heterocycles. The summed E-state index contributed by atoms with van der Waals surface area (Å²) in [4.78, 5) is 14.1. The Labute approximate surface area is 124 Å². The molecule has 0 bridgehead atoms. The van der Waals surface area contributed by atoms with Gasteiger partial charge in [0.05, 0.1) is 12.3 Å². The maximum atomic E-state index is 12.4. The Morgan fingerprint density at radius 3 is 2.90 bits per heavy atom. The first-order valence-corrected chi connectivity index (χ1v) is 6.85. The zero-order chi connectivity index (χ0) is 15.2. The zero-order valence-electron chi connectivity index (χ0n) is 12.3. The molecule has 0 aliphatic rings. The normalized spacial score (nSPS) is 10.6. The second kappa shape index (κ2) is 6.90. The first-order chi connectivity index (χ1) is 10.2. The Hall–Kier alpha value is -2.34. The first kappa shape index (κ1) is 15.1. The highest BCUT2D eigenvalue weighted by Gasteiger charge is 2.16. The average Bonchev–Trinajstić information content (AvgIpc) is 2.97. The maximum Gasteiger partial charge on any atom is 0.274 e. The predicted molar refractivity (Wildman–Crippen MR) is 81.4 cm³/mol. The van der Waals surface area contributed by atoms with Crippen LogP contribution in [0.3, 0.4) is 0 Å². The third-order valence-electron chi connectivity index (χ3n) is 3.18. The van der Waals surface area contributed by atoms with Gasteiger partial charge >= 0.3 is 0 Å². The molecule has 6 heteroatoms. The Morgan fingerprint density at radius 2 is 2.24 bits per heavy atom. The second-order valence-electron chi connectivity index (χ2n) is 4.62. The summed E-state index contributed by atoms with van der Waals surface area (Å²) in [6, 6.07) is 9.07. The van der Waals surface area contributed by atoms with E-state index in [0.29, 0.717) is 31.1 Å². The fourth-order valence-corrected chi connectivity index (χ4v) is 2.02. The van der Waals surface area contributed by atoms with Crippen LogP contribution in [-0.4, -0.2) is 47.4 Å². The number of benzene rings is 1. The molecule has 0 fully saturated rings. The Bertz CT molecular complexity index is 609. The Kier molecular flexibility index (Phi) is 4.94. The van der Waals surface area contributed by atoms with Gasteiger partial charge in [0.2, 0.25) is 0 Å². The van der Waals surface area contributed by atoms with Crippen LogP contribution in [0.4, 0.5) is 5.69 Å². The van der Waals surface area contributed by atoms with Crippen LogP contribution in [0, 0.1) is 0 Å². The summed E-state index contributed by atoms with van der Waals surface area (Å²) in [5, 5.41) is 4.33. The highest BCUT2D eigenvalue weighted by Crippen LogP contribution is 2.12. The summed E-state index contributed by atoms with van der Waals surface area (Å²) in [5.74, 6) is -0.0998. The summed E-state index contributed by atoms with van der Waals surface area (Å²) in [6.45, 7) is 3.61. The molecule has 0 saturated heterocycles. The minimum absolute atomic E-state index is 0.0998. The number of carbonyl (C=O) groups is 1. The smallest absolute Gasteiger partial charge is 0.274 e. The SMILES string of the molecule is CCN(CCOC)C(=O)c1ccn(-c2cccc(N)c2)n1. The molecule has 1 amide bonds. The van der Waals surface area contributed by atoms with E-state index in [0.717, 1.165) is 5.69 Å². The molecule has 0 saturated carbocycles. The van der Waals surface area contributed by atoms with Crippen molar-refractivity contribution in [2.24, 2.45) is 0 Å². The number of likely N-dealkylation sites (N-methyl/N-ethyl adjacent to an activating group) is 1. The standard InChI is InChI=1S/C15H20N4O2/c1-3-18(9-10-21-2)15(20)14-7-8-19(17-14)13-6-4-5-12(16)11-13/h4-8,11H,3,9-10,16H2,1-2H3. The molecular weight excluding hydrogens is 268 g/mol. The number of ether oxygens (including phenoxy) is 1. The highest BCUT2D eigenvalue weighted by atomic mass is 16.5. The van der Waals surface area contributed by atoms with Crippen molar-refractivity contribution in [3.63, 3.8) is 0 Å². The lowest BCUT2D eigenvalue weighted by Gasteiger charge is -2.19. The molecule has 2 N–H and O–H groups in total. The van der Waals surface area contributed by atoms with Crippen molar-refractivity contribution in [3.05, 3.63) is 42.2 Å². The van der Waals surface area contributed by atoms with Crippen LogP contribution >= 0.6 is 0 Å². The molecule has 0 radical (unpaired) electrons. The number of nitrogens with zero attached hydrogens (tertiary/aromatic N) is 3. The Balaban J connectivity index is 2.17. The number of carbonyl (C=O) groups excluding carboxylic acids is 1. The van der Waals surface area contributed by atoms with E-state index in [2.05, 4.69) is 5.10 Å². The molecule has 0 atom stereocenters. The number of anilines is 1. The number of nitrogens with two attached hydrogens (primary N) is 1. The number of methoxy groups -OCH3 is 1. The van der Waals surface area contributed by atoms with Gasteiger partial charge in [0.1, 0.15) is 0 Å². The molecule has 0 aliphatic heterocycles. The average molecular weight is 288 g/mol. The van der Waals surface area contributed by atoms with Gasteiger partial charge in [-0.3, -0.25) is 4.79 Å². The van der Waals surface area contributed by atoms with E-state index in [1.165, 1.54) is 0 Å². The van der Waals surface area contributed by atoms with Gasteiger partial charge < -0.3 is 15.4 Å². The maximum absolute atomic E-state index is 12.4.